The van der Waals surface area contributed by atoms with Gasteiger partial charge < -0.3 is 10.3 Å². The molecular formula is C16H20N4S. The topological polar surface area (TPSA) is 56.7 Å². The van der Waals surface area contributed by atoms with Gasteiger partial charge in [-0.25, -0.2) is 9.97 Å². The molecule has 0 aliphatic rings. The van der Waals surface area contributed by atoms with Crippen molar-refractivity contribution in [2.24, 2.45) is 11.1 Å². The van der Waals surface area contributed by atoms with Crippen molar-refractivity contribution in [2.75, 3.05) is 12.8 Å². The van der Waals surface area contributed by atoms with Crippen LogP contribution in [0.3, 0.4) is 0 Å². The Morgan fingerprint density at radius 2 is 2.00 bits per heavy atom. The van der Waals surface area contributed by atoms with Crippen molar-refractivity contribution in [1.82, 2.24) is 14.5 Å². The molecule has 0 bridgehead atoms. The molecule has 0 radical (unpaired) electrons. The summed E-state index contributed by atoms with van der Waals surface area (Å²) in [6.07, 6.45) is 6.03. The second kappa shape index (κ2) is 5.31. The number of aromatic nitrogens is 3. The third kappa shape index (κ3) is 2.63. The van der Waals surface area contributed by atoms with Crippen molar-refractivity contribution in [3.05, 3.63) is 30.6 Å². The fourth-order valence-electron chi connectivity index (χ4n) is 2.52. The van der Waals surface area contributed by atoms with E-state index in [-0.39, 0.29) is 5.41 Å². The fraction of sp³-hybridized carbons (Fsp3) is 0.375. The van der Waals surface area contributed by atoms with Crippen LogP contribution in [0.15, 0.2) is 35.7 Å². The van der Waals surface area contributed by atoms with Crippen molar-refractivity contribution in [2.45, 2.75) is 25.5 Å². The van der Waals surface area contributed by atoms with Gasteiger partial charge in [0, 0.05) is 29.7 Å². The predicted molar refractivity (Wildman–Crippen MR) is 89.7 cm³/mol. The number of nitrogens with zero attached hydrogens (tertiary/aromatic N) is 3. The summed E-state index contributed by atoms with van der Waals surface area (Å²) < 4.78 is 2.27. The largest absolute Gasteiger partial charge is 0.345 e. The first kappa shape index (κ1) is 14.4. The molecule has 0 unspecified atom stereocenters. The first-order chi connectivity index (χ1) is 10.0. The minimum Gasteiger partial charge on any atom is -0.345 e. The number of benzene rings is 1. The molecule has 0 saturated carbocycles. The standard InChI is InChI=1S/C16H20N4S/c1-16(2,9-17)10-20-7-6-11-4-5-12-8-18-15(21-3)19-13(12)14(11)20/h4-8H,9-10,17H2,1-3H3. The summed E-state index contributed by atoms with van der Waals surface area (Å²) in [5.74, 6) is 0. The van der Waals surface area contributed by atoms with Gasteiger partial charge in [-0.1, -0.05) is 37.7 Å². The lowest BCUT2D eigenvalue weighted by Crippen LogP contribution is -2.28. The van der Waals surface area contributed by atoms with E-state index >= 15 is 0 Å². The van der Waals surface area contributed by atoms with Crippen molar-refractivity contribution >= 4 is 33.6 Å². The quantitative estimate of drug-likeness (QED) is 0.593. The van der Waals surface area contributed by atoms with E-state index in [1.54, 1.807) is 11.8 Å². The van der Waals surface area contributed by atoms with Gasteiger partial charge in [-0.3, -0.25) is 0 Å². The van der Waals surface area contributed by atoms with Crippen LogP contribution in [-0.2, 0) is 6.54 Å². The Morgan fingerprint density at radius 3 is 2.71 bits per heavy atom. The molecule has 0 saturated heterocycles. The molecule has 0 amide bonds. The van der Waals surface area contributed by atoms with E-state index in [1.807, 2.05) is 12.5 Å². The van der Waals surface area contributed by atoms with Crippen LogP contribution in [0.5, 0.6) is 0 Å². The minimum absolute atomic E-state index is 0.0590. The van der Waals surface area contributed by atoms with Crippen LogP contribution >= 0.6 is 11.8 Å². The Balaban J connectivity index is 2.24. The summed E-state index contributed by atoms with van der Waals surface area (Å²) in [7, 11) is 0. The molecule has 2 aromatic heterocycles. The summed E-state index contributed by atoms with van der Waals surface area (Å²) in [5.41, 5.74) is 8.13. The second-order valence-electron chi connectivity index (χ2n) is 6.11. The zero-order valence-electron chi connectivity index (χ0n) is 12.6. The maximum atomic E-state index is 5.88. The Kier molecular flexibility index (Phi) is 3.63. The Labute approximate surface area is 128 Å². The maximum absolute atomic E-state index is 5.88. The number of rotatable bonds is 4. The lowest BCUT2D eigenvalue weighted by molar-refractivity contribution is 0.322. The average Bonchev–Trinajstić information content (AvgIpc) is 2.89. The minimum atomic E-state index is 0.0590. The van der Waals surface area contributed by atoms with Crippen molar-refractivity contribution < 1.29 is 0 Å². The Morgan fingerprint density at radius 1 is 1.24 bits per heavy atom. The lowest BCUT2D eigenvalue weighted by Gasteiger charge is -2.23. The summed E-state index contributed by atoms with van der Waals surface area (Å²) in [6.45, 7) is 5.91. The molecule has 5 heteroatoms. The van der Waals surface area contributed by atoms with E-state index < -0.39 is 0 Å². The van der Waals surface area contributed by atoms with E-state index in [0.29, 0.717) is 6.54 Å². The first-order valence-corrected chi connectivity index (χ1v) is 8.25. The van der Waals surface area contributed by atoms with E-state index in [2.05, 4.69) is 47.8 Å². The van der Waals surface area contributed by atoms with E-state index in [4.69, 9.17) is 10.7 Å². The third-order valence-electron chi connectivity index (χ3n) is 3.79. The first-order valence-electron chi connectivity index (χ1n) is 7.03. The lowest BCUT2D eigenvalue weighted by atomic mass is 9.94. The van der Waals surface area contributed by atoms with Gasteiger partial charge in [0.05, 0.1) is 11.0 Å². The highest BCUT2D eigenvalue weighted by molar-refractivity contribution is 7.98. The summed E-state index contributed by atoms with van der Waals surface area (Å²) in [6, 6.07) is 6.36. The van der Waals surface area contributed by atoms with E-state index in [0.717, 1.165) is 22.6 Å². The number of nitrogens with two attached hydrogens (primary N) is 1. The molecule has 110 valence electrons. The fourth-order valence-corrected chi connectivity index (χ4v) is 2.86. The van der Waals surface area contributed by atoms with Gasteiger partial charge in [0.25, 0.3) is 0 Å². The third-order valence-corrected chi connectivity index (χ3v) is 4.35. The molecule has 3 rings (SSSR count). The number of fused-ring (bicyclic) bond motifs is 3. The van der Waals surface area contributed by atoms with Crippen LogP contribution in [0.4, 0.5) is 0 Å². The molecule has 1 aromatic carbocycles. The molecule has 2 N–H and O–H groups in total. The molecule has 0 fully saturated rings. The molecule has 21 heavy (non-hydrogen) atoms. The van der Waals surface area contributed by atoms with Crippen LogP contribution in [0.2, 0.25) is 0 Å². The average molecular weight is 300 g/mol. The number of hydrogen-bond acceptors (Lipinski definition) is 4. The van der Waals surface area contributed by atoms with Crippen molar-refractivity contribution in [3.8, 4) is 0 Å². The SMILES string of the molecule is CSc1ncc2ccc3ccn(CC(C)(C)CN)c3c2n1. The molecule has 0 spiro atoms. The Hall–Kier alpha value is -1.59. The molecular weight excluding hydrogens is 280 g/mol. The van der Waals surface area contributed by atoms with Gasteiger partial charge in [0.2, 0.25) is 0 Å². The summed E-state index contributed by atoms with van der Waals surface area (Å²) >= 11 is 1.57. The molecule has 0 atom stereocenters. The number of thioether (sulfide) groups is 1. The molecule has 4 nitrogen and oxygen atoms in total. The molecule has 0 aliphatic heterocycles. The summed E-state index contributed by atoms with van der Waals surface area (Å²) in [4.78, 5) is 9.07. The number of hydrogen-bond donors (Lipinski definition) is 1. The van der Waals surface area contributed by atoms with Gasteiger partial charge in [0.1, 0.15) is 0 Å². The molecule has 0 aliphatic carbocycles. The Bertz CT molecular complexity index is 791. The van der Waals surface area contributed by atoms with Gasteiger partial charge >= 0.3 is 0 Å². The van der Waals surface area contributed by atoms with Crippen LogP contribution in [0.1, 0.15) is 13.8 Å². The second-order valence-corrected chi connectivity index (χ2v) is 6.88. The maximum Gasteiger partial charge on any atom is 0.187 e. The van der Waals surface area contributed by atoms with Gasteiger partial charge in [-0.05, 0) is 24.3 Å². The zero-order chi connectivity index (χ0) is 15.0. The monoisotopic (exact) mass is 300 g/mol. The van der Waals surface area contributed by atoms with Crippen LogP contribution in [0.25, 0.3) is 21.8 Å². The van der Waals surface area contributed by atoms with Crippen molar-refractivity contribution in [3.63, 3.8) is 0 Å². The predicted octanol–water partition coefficient (Wildman–Crippen LogP) is 3.29. The van der Waals surface area contributed by atoms with Gasteiger partial charge in [-0.15, -0.1) is 0 Å². The normalized spacial score (nSPS) is 12.4. The highest BCUT2D eigenvalue weighted by atomic mass is 32.2. The highest BCUT2D eigenvalue weighted by Gasteiger charge is 2.18. The zero-order valence-corrected chi connectivity index (χ0v) is 13.4. The van der Waals surface area contributed by atoms with Crippen LogP contribution < -0.4 is 5.73 Å². The summed E-state index contributed by atoms with van der Waals surface area (Å²) in [5, 5.41) is 3.09. The van der Waals surface area contributed by atoms with E-state index in [9.17, 15) is 0 Å². The molecule has 3 aromatic rings. The van der Waals surface area contributed by atoms with Gasteiger partial charge in [0.15, 0.2) is 5.16 Å². The van der Waals surface area contributed by atoms with Gasteiger partial charge in [-0.2, -0.15) is 0 Å². The van der Waals surface area contributed by atoms with Crippen LogP contribution in [-0.4, -0.2) is 27.3 Å². The van der Waals surface area contributed by atoms with E-state index in [1.165, 1.54) is 10.9 Å². The van der Waals surface area contributed by atoms with Crippen molar-refractivity contribution in [1.29, 1.82) is 0 Å². The van der Waals surface area contributed by atoms with Crippen LogP contribution in [0, 0.1) is 5.41 Å². The highest BCUT2D eigenvalue weighted by Crippen LogP contribution is 2.28. The molecule has 2 heterocycles. The smallest absolute Gasteiger partial charge is 0.187 e.